The van der Waals surface area contributed by atoms with Crippen molar-refractivity contribution in [1.82, 2.24) is 19.9 Å². The highest BCUT2D eigenvalue weighted by atomic mass is 32.2. The largest absolute Gasteiger partial charge is 0.497 e. The number of sulfonamides is 1. The molecule has 0 aliphatic heterocycles. The van der Waals surface area contributed by atoms with Crippen LogP contribution in [-0.2, 0) is 22.9 Å². The van der Waals surface area contributed by atoms with Gasteiger partial charge in [-0.1, -0.05) is 29.8 Å². The Labute approximate surface area is 158 Å². The first-order valence-corrected chi connectivity index (χ1v) is 10.0. The van der Waals surface area contributed by atoms with Crippen LogP contribution in [0.5, 0.6) is 5.75 Å². The Balaban J connectivity index is 1.55. The van der Waals surface area contributed by atoms with Crippen molar-refractivity contribution in [2.45, 2.75) is 24.7 Å². The van der Waals surface area contributed by atoms with E-state index in [1.165, 1.54) is 24.8 Å². The second kappa shape index (κ2) is 8.32. The molecule has 0 radical (unpaired) electrons. The van der Waals surface area contributed by atoms with Gasteiger partial charge in [0.05, 0.1) is 12.0 Å². The zero-order chi connectivity index (χ0) is 19.3. The molecule has 0 amide bonds. The van der Waals surface area contributed by atoms with E-state index >= 15 is 0 Å². The van der Waals surface area contributed by atoms with E-state index in [4.69, 9.17) is 4.74 Å². The Bertz CT molecular complexity index is 998. The van der Waals surface area contributed by atoms with Crippen molar-refractivity contribution in [3.05, 3.63) is 71.3 Å². The number of hydrogen-bond donors (Lipinski definition) is 2. The SMILES string of the molecule is COc1ccc(S(=O)(=O)NCCc2n[nH]c(Cc3cccc(C)c3)n2)cc1. The van der Waals surface area contributed by atoms with Crippen LogP contribution >= 0.6 is 0 Å². The average molecular weight is 386 g/mol. The van der Waals surface area contributed by atoms with Crippen LogP contribution in [0.1, 0.15) is 22.8 Å². The number of aryl methyl sites for hydroxylation is 1. The highest BCUT2D eigenvalue weighted by Crippen LogP contribution is 2.15. The zero-order valence-corrected chi connectivity index (χ0v) is 16.1. The third-order valence-electron chi connectivity index (χ3n) is 4.04. The number of aromatic amines is 1. The lowest BCUT2D eigenvalue weighted by Gasteiger charge is -2.06. The van der Waals surface area contributed by atoms with E-state index in [2.05, 4.69) is 26.0 Å². The summed E-state index contributed by atoms with van der Waals surface area (Å²) in [4.78, 5) is 4.63. The molecule has 1 heterocycles. The molecule has 27 heavy (non-hydrogen) atoms. The maximum Gasteiger partial charge on any atom is 0.240 e. The van der Waals surface area contributed by atoms with Crippen molar-refractivity contribution >= 4 is 10.0 Å². The van der Waals surface area contributed by atoms with Gasteiger partial charge in [-0.15, -0.1) is 0 Å². The summed E-state index contributed by atoms with van der Waals surface area (Å²) in [6, 6.07) is 14.4. The van der Waals surface area contributed by atoms with Crippen LogP contribution in [0, 0.1) is 6.92 Å². The molecule has 0 bridgehead atoms. The molecule has 0 spiro atoms. The van der Waals surface area contributed by atoms with Gasteiger partial charge in [-0.2, -0.15) is 5.10 Å². The minimum absolute atomic E-state index is 0.193. The van der Waals surface area contributed by atoms with Crippen LogP contribution in [0.4, 0.5) is 0 Å². The summed E-state index contributed by atoms with van der Waals surface area (Å²) in [6.45, 7) is 2.26. The second-order valence-corrected chi connectivity index (χ2v) is 7.95. The third-order valence-corrected chi connectivity index (χ3v) is 5.52. The molecule has 3 aromatic rings. The quantitative estimate of drug-likeness (QED) is 0.619. The average Bonchev–Trinajstić information content (AvgIpc) is 3.09. The highest BCUT2D eigenvalue weighted by molar-refractivity contribution is 7.89. The van der Waals surface area contributed by atoms with Gasteiger partial charge in [-0.3, -0.25) is 5.10 Å². The first-order valence-electron chi connectivity index (χ1n) is 8.56. The highest BCUT2D eigenvalue weighted by Gasteiger charge is 2.14. The molecule has 0 fully saturated rings. The summed E-state index contributed by atoms with van der Waals surface area (Å²) in [6.07, 6.45) is 1.06. The minimum atomic E-state index is -3.57. The normalized spacial score (nSPS) is 11.5. The minimum Gasteiger partial charge on any atom is -0.497 e. The van der Waals surface area contributed by atoms with E-state index in [0.29, 0.717) is 24.4 Å². The van der Waals surface area contributed by atoms with Gasteiger partial charge in [0.15, 0.2) is 5.82 Å². The zero-order valence-electron chi connectivity index (χ0n) is 15.3. The van der Waals surface area contributed by atoms with Gasteiger partial charge in [0, 0.05) is 19.4 Å². The molecule has 0 saturated heterocycles. The molecule has 0 aliphatic rings. The fourth-order valence-corrected chi connectivity index (χ4v) is 3.71. The van der Waals surface area contributed by atoms with Gasteiger partial charge < -0.3 is 4.74 Å². The van der Waals surface area contributed by atoms with Gasteiger partial charge in [0.2, 0.25) is 10.0 Å². The maximum atomic E-state index is 12.3. The van der Waals surface area contributed by atoms with Crippen molar-refractivity contribution in [2.75, 3.05) is 13.7 Å². The molecule has 3 rings (SSSR count). The van der Waals surface area contributed by atoms with Crippen molar-refractivity contribution < 1.29 is 13.2 Å². The van der Waals surface area contributed by atoms with Crippen molar-refractivity contribution in [1.29, 1.82) is 0 Å². The van der Waals surface area contributed by atoms with E-state index in [0.717, 1.165) is 11.4 Å². The molecule has 142 valence electrons. The van der Waals surface area contributed by atoms with Gasteiger partial charge in [-0.25, -0.2) is 18.1 Å². The van der Waals surface area contributed by atoms with Crippen LogP contribution in [0.2, 0.25) is 0 Å². The molecular formula is C19H22N4O3S. The standard InChI is InChI=1S/C19H22N4O3S/c1-14-4-3-5-15(12-14)13-19-21-18(22-23-19)10-11-20-27(24,25)17-8-6-16(26-2)7-9-17/h3-9,12,20H,10-11,13H2,1-2H3,(H,21,22,23). The third kappa shape index (κ3) is 5.15. The van der Waals surface area contributed by atoms with Crippen LogP contribution in [0.15, 0.2) is 53.4 Å². The number of benzene rings is 2. The Hall–Kier alpha value is -2.71. The summed E-state index contributed by atoms with van der Waals surface area (Å²) < 4.78 is 32.2. The van der Waals surface area contributed by atoms with Gasteiger partial charge >= 0.3 is 0 Å². The molecule has 2 N–H and O–H groups in total. The Morgan fingerprint density at radius 2 is 1.93 bits per heavy atom. The van der Waals surface area contributed by atoms with E-state index < -0.39 is 10.0 Å². The maximum absolute atomic E-state index is 12.3. The Morgan fingerprint density at radius 3 is 2.63 bits per heavy atom. The second-order valence-electron chi connectivity index (χ2n) is 6.19. The molecule has 7 nitrogen and oxygen atoms in total. The van der Waals surface area contributed by atoms with E-state index in [-0.39, 0.29) is 11.4 Å². The summed E-state index contributed by atoms with van der Waals surface area (Å²) in [5.41, 5.74) is 2.35. The number of aromatic nitrogens is 3. The number of nitrogens with one attached hydrogen (secondary N) is 2. The number of methoxy groups -OCH3 is 1. The lowest BCUT2D eigenvalue weighted by molar-refractivity contribution is 0.414. The molecular weight excluding hydrogens is 364 g/mol. The van der Waals surface area contributed by atoms with Crippen LogP contribution in [-0.4, -0.2) is 37.3 Å². The van der Waals surface area contributed by atoms with Gasteiger partial charge in [0.25, 0.3) is 0 Å². The molecule has 0 saturated carbocycles. The summed E-state index contributed by atoms with van der Waals surface area (Å²) in [5, 5.41) is 7.08. The smallest absolute Gasteiger partial charge is 0.240 e. The van der Waals surface area contributed by atoms with Crippen molar-refractivity contribution in [3.8, 4) is 5.75 Å². The van der Waals surface area contributed by atoms with Crippen LogP contribution in [0.25, 0.3) is 0 Å². The van der Waals surface area contributed by atoms with Gasteiger partial charge in [-0.05, 0) is 36.8 Å². The molecule has 0 unspecified atom stereocenters. The van der Waals surface area contributed by atoms with Crippen LogP contribution < -0.4 is 9.46 Å². The number of hydrogen-bond acceptors (Lipinski definition) is 5. The van der Waals surface area contributed by atoms with Gasteiger partial charge in [0.1, 0.15) is 11.6 Å². The number of H-pyrrole nitrogens is 1. The van der Waals surface area contributed by atoms with E-state index in [1.54, 1.807) is 12.1 Å². The monoisotopic (exact) mass is 386 g/mol. The predicted octanol–water partition coefficient (Wildman–Crippen LogP) is 2.23. The predicted molar refractivity (Wildman–Crippen MR) is 102 cm³/mol. The van der Waals surface area contributed by atoms with E-state index in [1.807, 2.05) is 25.1 Å². The molecule has 1 aromatic heterocycles. The van der Waals surface area contributed by atoms with Crippen molar-refractivity contribution in [3.63, 3.8) is 0 Å². The fraction of sp³-hybridized carbons (Fsp3) is 0.263. The Morgan fingerprint density at radius 1 is 1.15 bits per heavy atom. The van der Waals surface area contributed by atoms with Crippen LogP contribution in [0.3, 0.4) is 0 Å². The summed E-state index contributed by atoms with van der Waals surface area (Å²) in [5.74, 6) is 1.94. The molecule has 8 heteroatoms. The van der Waals surface area contributed by atoms with E-state index in [9.17, 15) is 8.42 Å². The summed E-state index contributed by atoms with van der Waals surface area (Å²) in [7, 11) is -2.04. The fourth-order valence-electron chi connectivity index (χ4n) is 2.68. The number of rotatable bonds is 8. The number of ether oxygens (including phenoxy) is 1. The topological polar surface area (TPSA) is 97.0 Å². The lowest BCUT2D eigenvalue weighted by Crippen LogP contribution is -2.26. The van der Waals surface area contributed by atoms with Crippen molar-refractivity contribution in [2.24, 2.45) is 0 Å². The molecule has 2 aromatic carbocycles. The summed E-state index contributed by atoms with van der Waals surface area (Å²) >= 11 is 0. The first-order chi connectivity index (χ1) is 13.0. The lowest BCUT2D eigenvalue weighted by atomic mass is 10.1. The molecule has 0 atom stereocenters. The first kappa shape index (κ1) is 19.1. The Kier molecular flexibility index (Phi) is 5.88. The molecule has 0 aliphatic carbocycles. The number of nitrogens with zero attached hydrogens (tertiary/aromatic N) is 2.